The molecular formula is C12H20O2. The maximum atomic E-state index is 5.43. The zero-order valence-electron chi connectivity index (χ0n) is 9.70. The second-order valence-electron chi connectivity index (χ2n) is 4.04. The van der Waals surface area contributed by atoms with Crippen molar-refractivity contribution in [1.82, 2.24) is 0 Å². The van der Waals surface area contributed by atoms with Gasteiger partial charge in [0.1, 0.15) is 0 Å². The van der Waals surface area contributed by atoms with E-state index in [2.05, 4.69) is 32.9 Å². The quantitative estimate of drug-likeness (QED) is 0.646. The highest BCUT2D eigenvalue weighted by atomic mass is 16.5. The van der Waals surface area contributed by atoms with Gasteiger partial charge in [0.25, 0.3) is 0 Å². The summed E-state index contributed by atoms with van der Waals surface area (Å²) in [5, 5.41) is 0. The molecule has 0 aromatic heterocycles. The minimum Gasteiger partial charge on any atom is -0.373 e. The molecule has 0 unspecified atom stereocenters. The fourth-order valence-corrected chi connectivity index (χ4v) is 1.81. The van der Waals surface area contributed by atoms with Gasteiger partial charge in [0, 0.05) is 14.2 Å². The molecule has 1 aliphatic rings. The summed E-state index contributed by atoms with van der Waals surface area (Å²) < 4.78 is 10.8. The van der Waals surface area contributed by atoms with Gasteiger partial charge in [-0.1, -0.05) is 13.8 Å². The van der Waals surface area contributed by atoms with Crippen LogP contribution in [0.25, 0.3) is 0 Å². The van der Waals surface area contributed by atoms with Crippen LogP contribution in [0.4, 0.5) is 0 Å². The second-order valence-corrected chi connectivity index (χ2v) is 4.04. The standard InChI is InChI=1S/C12H20O2/c1-8(2)10-7-11(13-4)9(3)6-12(10)14-5/h6-8,11-12H,1-5H3/t11-,12-/m0/s1. The third kappa shape index (κ3) is 2.25. The monoisotopic (exact) mass is 196 g/mol. The average Bonchev–Trinajstić information content (AvgIpc) is 2.16. The number of hydrogen-bond donors (Lipinski definition) is 0. The molecule has 0 amide bonds. The molecule has 0 aliphatic heterocycles. The lowest BCUT2D eigenvalue weighted by molar-refractivity contribution is 0.134. The summed E-state index contributed by atoms with van der Waals surface area (Å²) in [6.45, 7) is 6.44. The van der Waals surface area contributed by atoms with E-state index in [1.165, 1.54) is 11.1 Å². The van der Waals surface area contributed by atoms with E-state index in [4.69, 9.17) is 9.47 Å². The molecule has 80 valence electrons. The molecule has 2 heteroatoms. The molecule has 0 N–H and O–H groups in total. The largest absolute Gasteiger partial charge is 0.373 e. The van der Waals surface area contributed by atoms with Gasteiger partial charge in [-0.3, -0.25) is 0 Å². The number of ether oxygens (including phenoxy) is 2. The van der Waals surface area contributed by atoms with Crippen molar-refractivity contribution in [1.29, 1.82) is 0 Å². The van der Waals surface area contributed by atoms with E-state index in [1.54, 1.807) is 14.2 Å². The van der Waals surface area contributed by atoms with Crippen molar-refractivity contribution in [2.24, 2.45) is 5.92 Å². The van der Waals surface area contributed by atoms with E-state index in [1.807, 2.05) is 0 Å². The summed E-state index contributed by atoms with van der Waals surface area (Å²) in [6, 6.07) is 0. The van der Waals surface area contributed by atoms with Crippen molar-refractivity contribution in [3.05, 3.63) is 23.3 Å². The van der Waals surface area contributed by atoms with Crippen LogP contribution in [0.1, 0.15) is 20.8 Å². The molecule has 0 spiro atoms. The minimum atomic E-state index is 0.124. The summed E-state index contributed by atoms with van der Waals surface area (Å²) in [6.07, 6.45) is 4.57. The molecule has 0 fully saturated rings. The van der Waals surface area contributed by atoms with Gasteiger partial charge in [-0.15, -0.1) is 0 Å². The predicted molar refractivity (Wildman–Crippen MR) is 58.3 cm³/mol. The molecule has 0 bridgehead atoms. The van der Waals surface area contributed by atoms with Gasteiger partial charge in [0.2, 0.25) is 0 Å². The molecule has 0 aromatic carbocycles. The lowest BCUT2D eigenvalue weighted by atomic mass is 9.88. The molecule has 0 radical (unpaired) electrons. The smallest absolute Gasteiger partial charge is 0.0970 e. The Morgan fingerprint density at radius 2 is 1.64 bits per heavy atom. The maximum Gasteiger partial charge on any atom is 0.0970 e. The molecule has 0 aromatic rings. The van der Waals surface area contributed by atoms with Gasteiger partial charge < -0.3 is 9.47 Å². The first-order chi connectivity index (χ1) is 6.60. The van der Waals surface area contributed by atoms with Crippen molar-refractivity contribution in [3.8, 4) is 0 Å². The van der Waals surface area contributed by atoms with E-state index in [9.17, 15) is 0 Å². The Hall–Kier alpha value is -0.600. The van der Waals surface area contributed by atoms with Crippen LogP contribution in [0, 0.1) is 5.92 Å². The lowest BCUT2D eigenvalue weighted by Gasteiger charge is -2.27. The molecule has 0 saturated heterocycles. The zero-order chi connectivity index (χ0) is 10.7. The highest BCUT2D eigenvalue weighted by Gasteiger charge is 2.22. The maximum absolute atomic E-state index is 5.43. The Balaban J connectivity index is 2.91. The Kier molecular flexibility index (Phi) is 3.90. The van der Waals surface area contributed by atoms with E-state index >= 15 is 0 Å². The van der Waals surface area contributed by atoms with Gasteiger partial charge in [0.05, 0.1) is 12.2 Å². The summed E-state index contributed by atoms with van der Waals surface area (Å²) in [5.41, 5.74) is 2.54. The zero-order valence-corrected chi connectivity index (χ0v) is 9.70. The first-order valence-corrected chi connectivity index (χ1v) is 5.05. The molecule has 0 saturated carbocycles. The normalized spacial score (nSPS) is 27.6. The third-order valence-corrected chi connectivity index (χ3v) is 2.71. The summed E-state index contributed by atoms with van der Waals surface area (Å²) in [5.74, 6) is 0.502. The van der Waals surface area contributed by atoms with Crippen LogP contribution in [-0.2, 0) is 9.47 Å². The highest BCUT2D eigenvalue weighted by molar-refractivity contribution is 5.31. The Morgan fingerprint density at radius 3 is 2.07 bits per heavy atom. The first kappa shape index (κ1) is 11.5. The Labute approximate surface area is 86.6 Å². The van der Waals surface area contributed by atoms with E-state index in [0.29, 0.717) is 5.92 Å². The molecular weight excluding hydrogens is 176 g/mol. The second kappa shape index (κ2) is 4.76. The van der Waals surface area contributed by atoms with Crippen molar-refractivity contribution >= 4 is 0 Å². The van der Waals surface area contributed by atoms with Crippen LogP contribution in [0.5, 0.6) is 0 Å². The van der Waals surface area contributed by atoms with Crippen molar-refractivity contribution < 1.29 is 9.47 Å². The van der Waals surface area contributed by atoms with Gasteiger partial charge >= 0.3 is 0 Å². The van der Waals surface area contributed by atoms with E-state index < -0.39 is 0 Å². The Bertz CT molecular complexity index is 251. The molecule has 14 heavy (non-hydrogen) atoms. The topological polar surface area (TPSA) is 18.5 Å². The average molecular weight is 196 g/mol. The van der Waals surface area contributed by atoms with Crippen molar-refractivity contribution in [2.45, 2.75) is 33.0 Å². The van der Waals surface area contributed by atoms with Gasteiger partial charge in [-0.2, -0.15) is 0 Å². The molecule has 2 nitrogen and oxygen atoms in total. The first-order valence-electron chi connectivity index (χ1n) is 5.05. The van der Waals surface area contributed by atoms with Crippen LogP contribution < -0.4 is 0 Å². The third-order valence-electron chi connectivity index (χ3n) is 2.71. The number of methoxy groups -OCH3 is 2. The van der Waals surface area contributed by atoms with Crippen LogP contribution >= 0.6 is 0 Å². The summed E-state index contributed by atoms with van der Waals surface area (Å²) >= 11 is 0. The molecule has 1 aliphatic carbocycles. The van der Waals surface area contributed by atoms with E-state index in [0.717, 1.165) is 0 Å². The fraction of sp³-hybridized carbons (Fsp3) is 0.667. The summed E-state index contributed by atoms with van der Waals surface area (Å²) in [7, 11) is 3.49. The Morgan fingerprint density at radius 1 is 1.07 bits per heavy atom. The minimum absolute atomic E-state index is 0.124. The van der Waals surface area contributed by atoms with Crippen molar-refractivity contribution in [2.75, 3.05) is 14.2 Å². The van der Waals surface area contributed by atoms with Crippen LogP contribution in [-0.4, -0.2) is 26.4 Å². The van der Waals surface area contributed by atoms with Gasteiger partial charge in [-0.05, 0) is 36.1 Å². The molecule has 0 heterocycles. The van der Waals surface area contributed by atoms with Crippen LogP contribution in [0.3, 0.4) is 0 Å². The van der Waals surface area contributed by atoms with Gasteiger partial charge in [-0.25, -0.2) is 0 Å². The van der Waals surface area contributed by atoms with E-state index in [-0.39, 0.29) is 12.2 Å². The van der Waals surface area contributed by atoms with Gasteiger partial charge in [0.15, 0.2) is 0 Å². The molecule has 1 rings (SSSR count). The number of hydrogen-bond acceptors (Lipinski definition) is 2. The SMILES string of the molecule is CO[C@H]1C=C(C(C)C)[C@@H](OC)C=C1C. The van der Waals surface area contributed by atoms with Crippen LogP contribution in [0.2, 0.25) is 0 Å². The highest BCUT2D eigenvalue weighted by Crippen LogP contribution is 2.26. The fourth-order valence-electron chi connectivity index (χ4n) is 1.81. The summed E-state index contributed by atoms with van der Waals surface area (Å²) in [4.78, 5) is 0. The van der Waals surface area contributed by atoms with Crippen molar-refractivity contribution in [3.63, 3.8) is 0 Å². The predicted octanol–water partition coefficient (Wildman–Crippen LogP) is 2.56. The molecule has 2 atom stereocenters. The van der Waals surface area contributed by atoms with Crippen LogP contribution in [0.15, 0.2) is 23.3 Å². The number of rotatable bonds is 3. The lowest BCUT2D eigenvalue weighted by Crippen LogP contribution is -2.25.